The van der Waals surface area contributed by atoms with E-state index in [1.54, 1.807) is 47.5 Å². The maximum absolute atomic E-state index is 13.8. The zero-order valence-electron chi connectivity index (χ0n) is 21.3. The fourth-order valence-electron chi connectivity index (χ4n) is 5.08. The summed E-state index contributed by atoms with van der Waals surface area (Å²) in [6.07, 6.45) is -1.03. The summed E-state index contributed by atoms with van der Waals surface area (Å²) >= 11 is 0. The van der Waals surface area contributed by atoms with E-state index in [4.69, 9.17) is 14.3 Å². The van der Waals surface area contributed by atoms with Gasteiger partial charge in [-0.15, -0.1) is 0 Å². The van der Waals surface area contributed by atoms with Crippen LogP contribution in [0.4, 0.5) is 15.8 Å². The molecular formula is C31H23FN2O6. The SMILES string of the molecule is COc1cc([C@@H]2[C@@H]3C(=O)N(c4ccccc4)C(=O)[C@@H]3ON2c2ccccc2)ccc1OC(=O)c1ccc(F)cc1. The molecule has 0 bridgehead atoms. The van der Waals surface area contributed by atoms with Crippen molar-refractivity contribution in [2.24, 2.45) is 5.92 Å². The molecule has 4 aromatic carbocycles. The van der Waals surface area contributed by atoms with Crippen LogP contribution >= 0.6 is 0 Å². The first kappa shape index (κ1) is 25.3. The molecule has 2 aliphatic rings. The van der Waals surface area contributed by atoms with Crippen LogP contribution in [0.5, 0.6) is 11.5 Å². The van der Waals surface area contributed by atoms with Crippen LogP contribution in [0, 0.1) is 11.7 Å². The van der Waals surface area contributed by atoms with Crippen LogP contribution in [0.3, 0.4) is 0 Å². The maximum Gasteiger partial charge on any atom is 0.343 e. The molecule has 0 aliphatic carbocycles. The molecule has 2 heterocycles. The number of benzene rings is 4. The molecule has 2 amide bonds. The molecule has 40 heavy (non-hydrogen) atoms. The van der Waals surface area contributed by atoms with E-state index in [0.29, 0.717) is 16.9 Å². The van der Waals surface area contributed by atoms with Gasteiger partial charge in [-0.05, 0) is 66.2 Å². The van der Waals surface area contributed by atoms with Crippen LogP contribution in [0.1, 0.15) is 22.0 Å². The molecule has 0 unspecified atom stereocenters. The molecule has 2 saturated heterocycles. The van der Waals surface area contributed by atoms with Crippen molar-refractivity contribution < 1.29 is 33.1 Å². The Kier molecular flexibility index (Phi) is 6.49. The summed E-state index contributed by atoms with van der Waals surface area (Å²) in [6, 6.07) is 27.1. The predicted molar refractivity (Wildman–Crippen MR) is 143 cm³/mol. The fraction of sp³-hybridized carbons (Fsp3) is 0.129. The molecule has 0 spiro atoms. The number of hydrogen-bond donors (Lipinski definition) is 0. The molecule has 0 N–H and O–H groups in total. The number of halogens is 1. The lowest BCUT2D eigenvalue weighted by Crippen LogP contribution is -2.37. The third-order valence-corrected chi connectivity index (χ3v) is 6.95. The first-order valence-electron chi connectivity index (χ1n) is 12.6. The van der Waals surface area contributed by atoms with Crippen molar-refractivity contribution in [1.29, 1.82) is 0 Å². The highest BCUT2D eigenvalue weighted by molar-refractivity contribution is 6.23. The Labute approximate surface area is 229 Å². The number of hydrogen-bond acceptors (Lipinski definition) is 7. The highest BCUT2D eigenvalue weighted by Crippen LogP contribution is 2.48. The molecule has 0 radical (unpaired) electrons. The van der Waals surface area contributed by atoms with Crippen LogP contribution in [-0.4, -0.2) is 31.0 Å². The van der Waals surface area contributed by atoms with Crippen LogP contribution in [-0.2, 0) is 14.4 Å². The number of imide groups is 1. The number of anilines is 2. The first-order valence-corrected chi connectivity index (χ1v) is 12.6. The van der Waals surface area contributed by atoms with E-state index >= 15 is 0 Å². The van der Waals surface area contributed by atoms with Crippen molar-refractivity contribution in [2.45, 2.75) is 12.1 Å². The number of esters is 1. The minimum Gasteiger partial charge on any atom is -0.493 e. The van der Waals surface area contributed by atoms with Crippen LogP contribution in [0.15, 0.2) is 103 Å². The number of amides is 2. The fourth-order valence-corrected chi connectivity index (χ4v) is 5.08. The Morgan fingerprint density at radius 1 is 0.800 bits per heavy atom. The van der Waals surface area contributed by atoms with Gasteiger partial charge in [-0.25, -0.2) is 19.1 Å². The van der Waals surface area contributed by atoms with Gasteiger partial charge in [0, 0.05) is 0 Å². The van der Waals surface area contributed by atoms with E-state index in [9.17, 15) is 18.8 Å². The second-order valence-corrected chi connectivity index (χ2v) is 9.31. The Balaban J connectivity index is 1.37. The summed E-state index contributed by atoms with van der Waals surface area (Å²) in [5, 5.41) is 1.58. The van der Waals surface area contributed by atoms with Gasteiger partial charge in [0.05, 0.1) is 30.1 Å². The van der Waals surface area contributed by atoms with Gasteiger partial charge < -0.3 is 9.47 Å². The van der Waals surface area contributed by atoms with Crippen molar-refractivity contribution in [3.63, 3.8) is 0 Å². The highest BCUT2D eigenvalue weighted by Gasteiger charge is 2.60. The molecule has 0 saturated carbocycles. The third-order valence-electron chi connectivity index (χ3n) is 6.95. The smallest absolute Gasteiger partial charge is 0.343 e. The van der Waals surface area contributed by atoms with Gasteiger partial charge in [0.15, 0.2) is 17.6 Å². The number of hydroxylamine groups is 1. The van der Waals surface area contributed by atoms with Crippen molar-refractivity contribution in [1.82, 2.24) is 0 Å². The molecule has 4 aromatic rings. The van der Waals surface area contributed by atoms with E-state index in [0.717, 1.165) is 0 Å². The van der Waals surface area contributed by atoms with Crippen molar-refractivity contribution >= 4 is 29.2 Å². The van der Waals surface area contributed by atoms with Gasteiger partial charge in [0.1, 0.15) is 11.7 Å². The number of rotatable bonds is 6. The zero-order valence-corrected chi connectivity index (χ0v) is 21.3. The lowest BCUT2D eigenvalue weighted by Gasteiger charge is -2.29. The van der Waals surface area contributed by atoms with Crippen LogP contribution in [0.25, 0.3) is 0 Å². The number of methoxy groups -OCH3 is 1. The van der Waals surface area contributed by atoms with Gasteiger partial charge in [0.2, 0.25) is 5.91 Å². The van der Waals surface area contributed by atoms with Crippen LogP contribution in [0.2, 0.25) is 0 Å². The quantitative estimate of drug-likeness (QED) is 0.192. The lowest BCUT2D eigenvalue weighted by molar-refractivity contribution is -0.126. The van der Waals surface area contributed by atoms with E-state index < -0.39 is 35.8 Å². The highest BCUT2D eigenvalue weighted by atomic mass is 19.1. The number of nitrogens with zero attached hydrogens (tertiary/aromatic N) is 2. The van der Waals surface area contributed by atoms with Gasteiger partial charge in [-0.1, -0.05) is 42.5 Å². The van der Waals surface area contributed by atoms with E-state index in [1.165, 1.54) is 36.3 Å². The minimum atomic E-state index is -1.03. The molecule has 2 aliphatic heterocycles. The van der Waals surface area contributed by atoms with Gasteiger partial charge in [-0.3, -0.25) is 14.4 Å². The first-order chi connectivity index (χ1) is 19.5. The van der Waals surface area contributed by atoms with Gasteiger partial charge >= 0.3 is 5.97 Å². The number of carbonyl (C=O) groups excluding carboxylic acids is 3. The molecule has 9 heteroatoms. The predicted octanol–water partition coefficient (Wildman–Crippen LogP) is 5.10. The minimum absolute atomic E-state index is 0.141. The summed E-state index contributed by atoms with van der Waals surface area (Å²) in [4.78, 5) is 47.2. The Morgan fingerprint density at radius 2 is 1.45 bits per heavy atom. The zero-order chi connectivity index (χ0) is 27.8. The molecule has 200 valence electrons. The Hall–Kier alpha value is -5.02. The molecular weight excluding hydrogens is 515 g/mol. The summed E-state index contributed by atoms with van der Waals surface area (Å²) in [6.45, 7) is 0. The monoisotopic (exact) mass is 538 g/mol. The summed E-state index contributed by atoms with van der Waals surface area (Å²) in [5.74, 6) is -2.44. The average molecular weight is 539 g/mol. The summed E-state index contributed by atoms with van der Waals surface area (Å²) < 4.78 is 24.3. The number of para-hydroxylation sites is 2. The number of fused-ring (bicyclic) bond motifs is 1. The molecule has 6 rings (SSSR count). The maximum atomic E-state index is 13.8. The van der Waals surface area contributed by atoms with E-state index in [2.05, 4.69) is 0 Å². The van der Waals surface area contributed by atoms with Gasteiger partial charge in [0.25, 0.3) is 5.91 Å². The van der Waals surface area contributed by atoms with Gasteiger partial charge in [-0.2, -0.15) is 0 Å². The van der Waals surface area contributed by atoms with Crippen molar-refractivity contribution in [2.75, 3.05) is 17.1 Å². The largest absolute Gasteiger partial charge is 0.493 e. The summed E-state index contributed by atoms with van der Waals surface area (Å²) in [7, 11) is 1.43. The van der Waals surface area contributed by atoms with E-state index in [1.807, 2.05) is 36.4 Å². The van der Waals surface area contributed by atoms with Crippen LogP contribution < -0.4 is 19.4 Å². The molecule has 8 nitrogen and oxygen atoms in total. The lowest BCUT2D eigenvalue weighted by atomic mass is 9.90. The molecule has 3 atom stereocenters. The molecule has 0 aromatic heterocycles. The second-order valence-electron chi connectivity index (χ2n) is 9.31. The van der Waals surface area contributed by atoms with E-state index in [-0.39, 0.29) is 23.0 Å². The Bertz CT molecular complexity index is 1580. The Morgan fingerprint density at radius 3 is 2.10 bits per heavy atom. The van der Waals surface area contributed by atoms with Crippen molar-refractivity contribution in [3.8, 4) is 11.5 Å². The number of ether oxygens (including phenoxy) is 2. The standard InChI is InChI=1S/C31H23FN2O6/c1-38-25-18-20(14-17-24(25)39-31(37)19-12-15-21(32)16-13-19)27-26-28(40-34(27)23-10-6-3-7-11-23)30(36)33(29(26)35)22-8-4-2-5-9-22/h2-18,26-28H,1H3/t26-,27+,28+/m0/s1. The third kappa shape index (κ3) is 4.36. The van der Waals surface area contributed by atoms with Crippen molar-refractivity contribution in [3.05, 3.63) is 120 Å². The second kappa shape index (κ2) is 10.3. The average Bonchev–Trinajstić information content (AvgIpc) is 3.50. The summed E-state index contributed by atoms with van der Waals surface area (Å²) in [5.41, 5.74) is 1.93. The molecule has 2 fully saturated rings. The topological polar surface area (TPSA) is 85.4 Å². The number of carbonyl (C=O) groups is 3. The normalized spacial score (nSPS) is 20.0.